The Hall–Kier alpha value is -3.92. The van der Waals surface area contributed by atoms with Crippen molar-refractivity contribution in [3.05, 3.63) is 112 Å². The SMILES string of the molecule is C1CC1.C=C(C)[C@@H]1CC[C@]2(CO)CC[C@]3(C)C(CCC4[C@@]5(C)CC[C@H](O)C(C)(C)C5CC[C@]43C)C12.C=C(C)[C@@H]1CC[C@]2(COC(=O)COc3cc(C)ccc3C(C)C)CC[C@]3(C)C(CCC4[C@@]5(C)CC[C@H](O)C(C)(C)C5CC[C@]43C)C12.Cc1ccc(C(C)C)c(O)c1.Cc1ccc(C(C)C)c(OCC(=O)O)c1.O=C(O)CCl.[Na+].[OH-]. The van der Waals surface area contributed by atoms with Crippen LogP contribution in [0.15, 0.2) is 78.9 Å². The second-order valence-corrected chi connectivity index (χ2v) is 42.1. The minimum atomic E-state index is -0.980. The summed E-state index contributed by atoms with van der Waals surface area (Å²) in [5.74, 6) is 6.67. The zero-order valence-electron chi connectivity index (χ0n) is 75.0. The van der Waals surface area contributed by atoms with E-state index < -0.39 is 11.9 Å². The van der Waals surface area contributed by atoms with Gasteiger partial charge in [0.25, 0.3) is 0 Å². The van der Waals surface area contributed by atoms with Crippen LogP contribution in [-0.4, -0.2) is 98.5 Å². The van der Waals surface area contributed by atoms with Gasteiger partial charge in [0, 0.05) is 12.0 Å². The van der Waals surface area contributed by atoms with Crippen LogP contribution in [0, 0.1) is 134 Å². The molecule has 0 radical (unpaired) electrons. The molecule has 3 aromatic carbocycles. The zero-order chi connectivity index (χ0) is 83.0. The fourth-order valence-corrected chi connectivity index (χ4v) is 27.2. The minimum Gasteiger partial charge on any atom is -0.870 e. The van der Waals surface area contributed by atoms with Gasteiger partial charge in [-0.15, -0.1) is 11.6 Å². The molecule has 3 aromatic rings. The van der Waals surface area contributed by atoms with Gasteiger partial charge in [-0.2, -0.15) is 0 Å². The van der Waals surface area contributed by atoms with Crippen LogP contribution in [0.5, 0.6) is 17.2 Å². The number of carbonyl (C=O) groups is 3. The number of allylic oxidation sites excluding steroid dienone is 2. The zero-order valence-corrected chi connectivity index (χ0v) is 77.8. The number of aliphatic hydroxyl groups excluding tert-OH is 3. The first kappa shape index (κ1) is 97.2. The minimum absolute atomic E-state index is 0. The number of halogens is 1. The van der Waals surface area contributed by atoms with Crippen molar-refractivity contribution in [2.45, 2.75) is 323 Å². The van der Waals surface area contributed by atoms with Crippen molar-refractivity contribution in [1.29, 1.82) is 0 Å². The monoisotopic (exact) mass is 1610 g/mol. The number of hydrogen-bond donors (Lipinski definition) is 6. The topological polar surface area (TPSA) is 230 Å². The van der Waals surface area contributed by atoms with E-state index in [1.807, 2.05) is 50.2 Å². The summed E-state index contributed by atoms with van der Waals surface area (Å²) in [4.78, 5) is 32.9. The maximum atomic E-state index is 13.3. The molecule has 8 unspecified atom stereocenters. The first-order valence-corrected chi connectivity index (χ1v) is 44.5. The maximum absolute atomic E-state index is 13.3. The largest absolute Gasteiger partial charge is 1.00 e. The molecular formula is C99H154ClNaO13. The third-order valence-electron chi connectivity index (χ3n) is 33.8. The summed E-state index contributed by atoms with van der Waals surface area (Å²) in [6.45, 7) is 57.9. The molecule has 7 N–H and O–H groups in total. The number of aromatic hydroxyl groups is 1. The van der Waals surface area contributed by atoms with E-state index in [-0.39, 0.29) is 110 Å². The maximum Gasteiger partial charge on any atom is 1.00 e. The van der Waals surface area contributed by atoms with Crippen molar-refractivity contribution < 1.29 is 94.3 Å². The number of aryl methyl sites for hydroxylation is 3. The van der Waals surface area contributed by atoms with Gasteiger partial charge >= 0.3 is 47.5 Å². The van der Waals surface area contributed by atoms with E-state index in [1.165, 1.54) is 120 Å². The van der Waals surface area contributed by atoms with E-state index >= 15 is 0 Å². The quantitative estimate of drug-likeness (QED) is 0.0360. The molecule has 0 heterocycles. The predicted octanol–water partition coefficient (Wildman–Crippen LogP) is 20.8. The number of fused-ring (bicyclic) bond motifs is 14. The van der Waals surface area contributed by atoms with Crippen molar-refractivity contribution in [3.63, 3.8) is 0 Å². The van der Waals surface area contributed by atoms with Crippen LogP contribution in [0.1, 0.15) is 323 Å². The summed E-state index contributed by atoms with van der Waals surface area (Å²) in [5, 5.41) is 58.2. The van der Waals surface area contributed by atoms with Gasteiger partial charge < -0.3 is 50.3 Å². The second kappa shape index (κ2) is 38.0. The Labute approximate surface area is 716 Å². The van der Waals surface area contributed by atoms with E-state index in [4.69, 9.17) is 36.0 Å². The van der Waals surface area contributed by atoms with E-state index in [1.54, 1.807) is 6.07 Å². The summed E-state index contributed by atoms with van der Waals surface area (Å²) in [5.41, 5.74) is 11.2. The molecule has 636 valence electrons. The number of carboxylic acids is 2. The molecule has 13 nitrogen and oxygen atoms in total. The molecule has 0 aliphatic heterocycles. The Morgan fingerprint density at radius 3 is 1.23 bits per heavy atom. The van der Waals surface area contributed by atoms with Crippen LogP contribution >= 0.6 is 11.6 Å². The van der Waals surface area contributed by atoms with Gasteiger partial charge in [0.1, 0.15) is 23.1 Å². The van der Waals surface area contributed by atoms with Gasteiger partial charge in [-0.3, -0.25) is 4.79 Å². The van der Waals surface area contributed by atoms with Crippen LogP contribution in [-0.2, 0) is 19.1 Å². The van der Waals surface area contributed by atoms with Gasteiger partial charge in [-0.25, -0.2) is 9.59 Å². The fraction of sp³-hybridized carbons (Fsp3) is 0.747. The molecule has 0 aromatic heterocycles. The number of alkyl halides is 1. The number of carboxylic acid groups (broad SMARTS) is 2. The van der Waals surface area contributed by atoms with Crippen molar-refractivity contribution in [2.75, 3.05) is 32.3 Å². The standard InChI is InChI=1S/C42H64O4.C30H50O2.C12H16O3.C10H14O.C3H6.C2H3ClO2.Na.H2O/c1-26(2)29-12-11-28(5)23-32(29)45-24-36(44)46-25-42-20-15-30(27(3)4)37(42)31-13-14-34-39(8)18-17-35(43)38(6,7)33(39)16-19-41(34,10)40(31,9)21-22-42;1-19(2)20-10-15-30(18-31)17-16-28(6)21(25(20)30)8-9-23-27(5)13-12-24(32)26(3,4)22(27)11-14-29(23,28)7;1-8(2)10-5-4-9(3)6-11(10)15-7-12(13)14;1-7(2)9-5-4-8(3)6-10(9)11;1-2-3-1;3-1-2(4)5;;/h11-12,23,26,30-31,33-35,37,43H,3,13-22,24-25H2,1-2,4-10H3;20-25,31-32H,1,8-18H2,2-7H3;4-6,8H,7H2,1-3H3,(H,13,14);4-7,11H,1-3H3;1-3H2;1H2,(H,4,5);;1H2/q;;;;;;+1;/p-1/t30-,31?,33?,34?,35-,37?,39-,40+,41+,42+;20-,21?,22?,23?,24-,25?,27-,28+,29+,30+;;;;;;/m00....../s1. The van der Waals surface area contributed by atoms with Crippen LogP contribution in [0.25, 0.3) is 0 Å². The van der Waals surface area contributed by atoms with Gasteiger partial charge in [0.2, 0.25) is 0 Å². The summed E-state index contributed by atoms with van der Waals surface area (Å²) in [7, 11) is 0. The number of hydrogen-bond acceptors (Lipinski definition) is 11. The van der Waals surface area contributed by atoms with Crippen molar-refractivity contribution in [3.8, 4) is 17.2 Å². The van der Waals surface area contributed by atoms with Crippen LogP contribution in [0.2, 0.25) is 0 Å². The number of aliphatic hydroxyl groups is 3. The number of rotatable bonds is 15. The van der Waals surface area contributed by atoms with E-state index in [9.17, 15) is 34.8 Å². The molecule has 0 saturated heterocycles. The number of phenols is 1. The number of ether oxygens (including phenoxy) is 3. The van der Waals surface area contributed by atoms with Gasteiger partial charge in [-0.1, -0.05) is 191 Å². The van der Waals surface area contributed by atoms with Crippen LogP contribution in [0.3, 0.4) is 0 Å². The molecule has 15 heteroatoms. The number of esters is 1. The molecule has 11 aliphatic carbocycles. The van der Waals surface area contributed by atoms with Crippen molar-refractivity contribution in [2.24, 2.45) is 113 Å². The molecular weight excluding hydrogens is 1460 g/mol. The average molecular weight is 1610 g/mol. The Kier molecular flexibility index (Phi) is 32.4. The molecule has 0 amide bonds. The van der Waals surface area contributed by atoms with Crippen molar-refractivity contribution >= 4 is 29.5 Å². The van der Waals surface area contributed by atoms with Gasteiger partial charge in [0.15, 0.2) is 13.2 Å². The second-order valence-electron chi connectivity index (χ2n) is 41.8. The van der Waals surface area contributed by atoms with E-state index in [0.29, 0.717) is 106 Å². The van der Waals surface area contributed by atoms with E-state index in [2.05, 4.69) is 157 Å². The Morgan fingerprint density at radius 1 is 0.482 bits per heavy atom. The number of phenolic OH excluding ortho intramolecular Hbond substituents is 1. The fourth-order valence-electron chi connectivity index (χ4n) is 27.2. The predicted molar refractivity (Wildman–Crippen MR) is 458 cm³/mol. The van der Waals surface area contributed by atoms with Crippen LogP contribution < -0.4 is 39.0 Å². The van der Waals surface area contributed by atoms with Crippen LogP contribution in [0.4, 0.5) is 0 Å². The molecule has 0 bridgehead atoms. The number of benzene rings is 3. The number of carbonyl (C=O) groups excluding carboxylic acids is 1. The first-order valence-electron chi connectivity index (χ1n) is 44.0. The third-order valence-corrected chi connectivity index (χ3v) is 34.1. The first-order chi connectivity index (χ1) is 52.3. The number of aliphatic carboxylic acids is 2. The summed E-state index contributed by atoms with van der Waals surface area (Å²) < 4.78 is 17.5. The normalized spacial score (nSPS) is 36.5. The summed E-state index contributed by atoms with van der Waals surface area (Å²) in [6.07, 6.45) is 28.3. The molecule has 20 atom stereocenters. The molecule has 0 spiro atoms. The molecule has 114 heavy (non-hydrogen) atoms. The molecule has 11 aliphatic rings. The summed E-state index contributed by atoms with van der Waals surface area (Å²) >= 11 is 4.74. The van der Waals surface area contributed by atoms with Crippen molar-refractivity contribution in [1.82, 2.24) is 0 Å². The van der Waals surface area contributed by atoms with Gasteiger partial charge in [-0.05, 0) is 340 Å². The molecule has 11 saturated carbocycles. The van der Waals surface area contributed by atoms with Gasteiger partial charge in [0.05, 0.1) is 18.8 Å². The molecule has 14 rings (SSSR count). The average Bonchev–Trinajstić information content (AvgIpc) is 0.958. The Bertz CT molecular complexity index is 3780. The Morgan fingerprint density at radius 2 is 0.860 bits per heavy atom. The Balaban J connectivity index is 0.000000227. The smallest absolute Gasteiger partial charge is 0.870 e. The molecule has 11 fully saturated rings. The summed E-state index contributed by atoms with van der Waals surface area (Å²) in [6, 6.07) is 17.9. The van der Waals surface area contributed by atoms with E-state index in [0.717, 1.165) is 89.5 Å². The third kappa shape index (κ3) is 19.0.